The number of ether oxygens (including phenoxy) is 1. The Morgan fingerprint density at radius 3 is 3.18 bits per heavy atom. The van der Waals surface area contributed by atoms with Crippen LogP contribution in [0.5, 0.6) is 5.75 Å². The third kappa shape index (κ3) is 0.994. The van der Waals surface area contributed by atoms with Crippen molar-refractivity contribution in [3.8, 4) is 5.75 Å². The molecule has 1 atom stereocenters. The Hall–Kier alpha value is -1.02. The Labute approximate surface area is 65.4 Å². The highest BCUT2D eigenvalue weighted by Crippen LogP contribution is 2.32. The highest BCUT2D eigenvalue weighted by molar-refractivity contribution is 5.41. The fourth-order valence-electron chi connectivity index (χ4n) is 1.30. The molecule has 1 aromatic rings. The first-order valence-electron chi connectivity index (χ1n) is 3.69. The van der Waals surface area contributed by atoms with E-state index in [2.05, 4.69) is 0 Å². The summed E-state index contributed by atoms with van der Waals surface area (Å²) in [5.74, 6) is 0.831. The topological polar surface area (TPSA) is 29.5 Å². The number of aryl methyl sites for hydroxylation is 1. The molecule has 1 aliphatic rings. The van der Waals surface area contributed by atoms with Gasteiger partial charge in [-0.25, -0.2) is 0 Å². The summed E-state index contributed by atoms with van der Waals surface area (Å²) in [5, 5.41) is 9.35. The van der Waals surface area contributed by atoms with Crippen LogP contribution in [0, 0.1) is 6.92 Å². The second kappa shape index (κ2) is 2.24. The van der Waals surface area contributed by atoms with Crippen LogP contribution in [-0.4, -0.2) is 11.7 Å². The lowest BCUT2D eigenvalue weighted by atomic mass is 10.1. The van der Waals surface area contributed by atoms with Crippen molar-refractivity contribution in [2.24, 2.45) is 0 Å². The van der Waals surface area contributed by atoms with Gasteiger partial charge in [0, 0.05) is 5.56 Å². The lowest BCUT2D eigenvalue weighted by Crippen LogP contribution is -1.97. The van der Waals surface area contributed by atoms with E-state index in [1.165, 1.54) is 0 Å². The van der Waals surface area contributed by atoms with Crippen LogP contribution in [0.4, 0.5) is 0 Å². The SMILES string of the molecule is Cc1ccc2c(c1)OCC2O. The fraction of sp³-hybridized carbons (Fsp3) is 0.333. The zero-order chi connectivity index (χ0) is 7.84. The van der Waals surface area contributed by atoms with E-state index in [-0.39, 0.29) is 0 Å². The highest BCUT2D eigenvalue weighted by atomic mass is 16.5. The molecular weight excluding hydrogens is 140 g/mol. The summed E-state index contributed by atoms with van der Waals surface area (Å²) in [6.45, 7) is 2.41. The Balaban J connectivity index is 2.50. The first-order chi connectivity index (χ1) is 5.27. The van der Waals surface area contributed by atoms with E-state index in [1.807, 2.05) is 25.1 Å². The van der Waals surface area contributed by atoms with Crippen molar-refractivity contribution in [1.82, 2.24) is 0 Å². The molecule has 2 rings (SSSR count). The lowest BCUT2D eigenvalue weighted by molar-refractivity contribution is 0.140. The van der Waals surface area contributed by atoms with Crippen molar-refractivity contribution in [3.63, 3.8) is 0 Å². The van der Waals surface area contributed by atoms with Gasteiger partial charge in [0.2, 0.25) is 0 Å². The maximum atomic E-state index is 9.35. The molecule has 2 heteroatoms. The quantitative estimate of drug-likeness (QED) is 0.606. The van der Waals surface area contributed by atoms with Gasteiger partial charge in [0.15, 0.2) is 0 Å². The van der Waals surface area contributed by atoms with E-state index in [4.69, 9.17) is 4.74 Å². The normalized spacial score (nSPS) is 21.1. The standard InChI is InChI=1S/C9H10O2/c1-6-2-3-7-8(10)5-11-9(7)4-6/h2-4,8,10H,5H2,1H3. The average molecular weight is 150 g/mol. The van der Waals surface area contributed by atoms with Crippen molar-refractivity contribution in [2.75, 3.05) is 6.61 Å². The predicted octanol–water partition coefficient (Wildman–Crippen LogP) is 1.42. The molecule has 0 amide bonds. The molecule has 0 radical (unpaired) electrons. The van der Waals surface area contributed by atoms with Gasteiger partial charge in [-0.3, -0.25) is 0 Å². The summed E-state index contributed by atoms with van der Waals surface area (Å²) < 4.78 is 5.24. The first kappa shape index (κ1) is 6.68. The molecule has 0 bridgehead atoms. The summed E-state index contributed by atoms with van der Waals surface area (Å²) in [6, 6.07) is 5.85. The van der Waals surface area contributed by atoms with E-state index in [1.54, 1.807) is 0 Å². The van der Waals surface area contributed by atoms with Crippen LogP contribution >= 0.6 is 0 Å². The minimum absolute atomic E-state index is 0.402. The summed E-state index contributed by atoms with van der Waals surface area (Å²) >= 11 is 0. The monoisotopic (exact) mass is 150 g/mol. The number of rotatable bonds is 0. The van der Waals surface area contributed by atoms with Gasteiger partial charge >= 0.3 is 0 Å². The van der Waals surface area contributed by atoms with E-state index >= 15 is 0 Å². The molecule has 0 saturated heterocycles. The van der Waals surface area contributed by atoms with Crippen molar-refractivity contribution >= 4 is 0 Å². The van der Waals surface area contributed by atoms with Crippen molar-refractivity contribution < 1.29 is 9.84 Å². The Morgan fingerprint density at radius 1 is 1.55 bits per heavy atom. The molecule has 0 fully saturated rings. The van der Waals surface area contributed by atoms with Gasteiger partial charge in [-0.15, -0.1) is 0 Å². The van der Waals surface area contributed by atoms with Crippen LogP contribution in [0.2, 0.25) is 0 Å². The van der Waals surface area contributed by atoms with Crippen LogP contribution < -0.4 is 4.74 Å². The van der Waals surface area contributed by atoms with Gasteiger partial charge in [-0.1, -0.05) is 12.1 Å². The molecule has 0 aliphatic carbocycles. The summed E-state index contributed by atoms with van der Waals surface area (Å²) in [4.78, 5) is 0. The molecule has 2 nitrogen and oxygen atoms in total. The maximum absolute atomic E-state index is 9.35. The lowest BCUT2D eigenvalue weighted by Gasteiger charge is -1.99. The number of hydrogen-bond acceptors (Lipinski definition) is 2. The first-order valence-corrected chi connectivity index (χ1v) is 3.69. The largest absolute Gasteiger partial charge is 0.490 e. The molecule has 58 valence electrons. The zero-order valence-electron chi connectivity index (χ0n) is 6.37. The van der Waals surface area contributed by atoms with Crippen LogP contribution in [0.25, 0.3) is 0 Å². The van der Waals surface area contributed by atoms with E-state index in [0.717, 1.165) is 16.9 Å². The summed E-state index contributed by atoms with van der Waals surface area (Å²) in [7, 11) is 0. The average Bonchev–Trinajstić information content (AvgIpc) is 2.32. The van der Waals surface area contributed by atoms with Gasteiger partial charge < -0.3 is 9.84 Å². The zero-order valence-corrected chi connectivity index (χ0v) is 6.37. The molecule has 0 spiro atoms. The molecule has 1 unspecified atom stereocenters. The third-order valence-corrected chi connectivity index (χ3v) is 1.92. The molecule has 1 heterocycles. The second-order valence-corrected chi connectivity index (χ2v) is 2.87. The molecular formula is C9H10O2. The highest BCUT2D eigenvalue weighted by Gasteiger charge is 2.20. The van der Waals surface area contributed by atoms with E-state index in [9.17, 15) is 5.11 Å². The van der Waals surface area contributed by atoms with Gasteiger partial charge in [0.05, 0.1) is 0 Å². The van der Waals surface area contributed by atoms with E-state index in [0.29, 0.717) is 6.61 Å². The number of fused-ring (bicyclic) bond motifs is 1. The summed E-state index contributed by atoms with van der Waals surface area (Å²) in [5.41, 5.74) is 2.08. The van der Waals surface area contributed by atoms with E-state index < -0.39 is 6.10 Å². The van der Waals surface area contributed by atoms with Crippen LogP contribution in [0.1, 0.15) is 17.2 Å². The molecule has 1 aliphatic heterocycles. The number of aliphatic hydroxyl groups excluding tert-OH is 1. The molecule has 0 aromatic heterocycles. The molecule has 11 heavy (non-hydrogen) atoms. The molecule has 1 N–H and O–H groups in total. The minimum Gasteiger partial charge on any atom is -0.490 e. The number of benzene rings is 1. The third-order valence-electron chi connectivity index (χ3n) is 1.92. The summed E-state index contributed by atoms with van der Waals surface area (Å²) in [6.07, 6.45) is -0.425. The predicted molar refractivity (Wildman–Crippen MR) is 41.6 cm³/mol. The second-order valence-electron chi connectivity index (χ2n) is 2.87. The fourth-order valence-corrected chi connectivity index (χ4v) is 1.30. The number of hydrogen-bond donors (Lipinski definition) is 1. The van der Waals surface area contributed by atoms with Crippen LogP contribution in [0.15, 0.2) is 18.2 Å². The van der Waals surface area contributed by atoms with Gasteiger partial charge in [0.1, 0.15) is 18.5 Å². The maximum Gasteiger partial charge on any atom is 0.125 e. The Morgan fingerprint density at radius 2 is 2.36 bits per heavy atom. The smallest absolute Gasteiger partial charge is 0.125 e. The van der Waals surface area contributed by atoms with Crippen LogP contribution in [0.3, 0.4) is 0 Å². The van der Waals surface area contributed by atoms with Crippen LogP contribution in [-0.2, 0) is 0 Å². The van der Waals surface area contributed by atoms with Gasteiger partial charge in [0.25, 0.3) is 0 Å². The Bertz CT molecular complexity index is 281. The van der Waals surface area contributed by atoms with Crippen molar-refractivity contribution in [1.29, 1.82) is 0 Å². The molecule has 0 saturated carbocycles. The van der Waals surface area contributed by atoms with Gasteiger partial charge in [-0.05, 0) is 18.6 Å². The van der Waals surface area contributed by atoms with Crippen molar-refractivity contribution in [3.05, 3.63) is 29.3 Å². The Kier molecular flexibility index (Phi) is 1.36. The molecule has 1 aromatic carbocycles. The minimum atomic E-state index is -0.425. The van der Waals surface area contributed by atoms with Crippen molar-refractivity contribution in [2.45, 2.75) is 13.0 Å². The number of aliphatic hydroxyl groups is 1. The van der Waals surface area contributed by atoms with Gasteiger partial charge in [-0.2, -0.15) is 0 Å².